The molecule has 1 aromatic rings. The third kappa shape index (κ3) is 4.34. The van der Waals surface area contributed by atoms with Gasteiger partial charge >= 0.3 is 0 Å². The molecule has 0 saturated carbocycles. The monoisotopic (exact) mass is 294 g/mol. The van der Waals surface area contributed by atoms with E-state index < -0.39 is 0 Å². The number of hydrogen-bond donors (Lipinski definition) is 2. The van der Waals surface area contributed by atoms with Crippen molar-refractivity contribution in [3.8, 4) is 11.5 Å². The number of phenolic OH excluding ortho intramolecular Hbond substituents is 1. The number of morpholine rings is 1. The van der Waals surface area contributed by atoms with E-state index in [0.717, 1.165) is 39.3 Å². The smallest absolute Gasteiger partial charge is 0.258 e. The summed E-state index contributed by atoms with van der Waals surface area (Å²) >= 11 is 0. The van der Waals surface area contributed by atoms with Gasteiger partial charge in [0.25, 0.3) is 5.91 Å². The average Bonchev–Trinajstić information content (AvgIpc) is 2.52. The van der Waals surface area contributed by atoms with E-state index in [1.165, 1.54) is 13.2 Å². The number of methoxy groups -OCH3 is 1. The van der Waals surface area contributed by atoms with E-state index in [-0.39, 0.29) is 17.2 Å². The molecule has 0 bridgehead atoms. The first-order chi connectivity index (χ1) is 10.2. The van der Waals surface area contributed by atoms with Gasteiger partial charge < -0.3 is 19.9 Å². The lowest BCUT2D eigenvalue weighted by molar-refractivity contribution is 0.0374. The number of phenols is 1. The van der Waals surface area contributed by atoms with Crippen molar-refractivity contribution >= 4 is 5.91 Å². The zero-order chi connectivity index (χ0) is 15.1. The van der Waals surface area contributed by atoms with Crippen LogP contribution in [0.25, 0.3) is 0 Å². The lowest BCUT2D eigenvalue weighted by Crippen LogP contribution is -2.38. The first kappa shape index (κ1) is 15.6. The molecule has 1 fully saturated rings. The number of rotatable bonds is 6. The highest BCUT2D eigenvalue weighted by atomic mass is 16.5. The molecule has 2 N–H and O–H groups in total. The maximum Gasteiger partial charge on any atom is 0.258 e. The van der Waals surface area contributed by atoms with Gasteiger partial charge in [0.05, 0.1) is 20.3 Å². The number of nitrogens with zero attached hydrogens (tertiary/aromatic N) is 1. The van der Waals surface area contributed by atoms with Crippen molar-refractivity contribution in [2.75, 3.05) is 46.5 Å². The first-order valence-corrected chi connectivity index (χ1v) is 7.16. The Morgan fingerprint density at radius 2 is 2.19 bits per heavy atom. The second kappa shape index (κ2) is 7.85. The Morgan fingerprint density at radius 1 is 1.43 bits per heavy atom. The van der Waals surface area contributed by atoms with Crippen molar-refractivity contribution in [1.82, 2.24) is 10.2 Å². The second-order valence-corrected chi connectivity index (χ2v) is 4.92. The normalized spacial score (nSPS) is 15.7. The van der Waals surface area contributed by atoms with Crippen molar-refractivity contribution in [1.29, 1.82) is 0 Å². The van der Waals surface area contributed by atoms with Crippen LogP contribution in [0.15, 0.2) is 18.2 Å². The number of aromatic hydroxyl groups is 1. The molecule has 2 rings (SSSR count). The summed E-state index contributed by atoms with van der Waals surface area (Å²) in [5.41, 5.74) is 0.186. The van der Waals surface area contributed by atoms with Crippen LogP contribution >= 0.6 is 0 Å². The van der Waals surface area contributed by atoms with Gasteiger partial charge in [-0.05, 0) is 25.1 Å². The third-order valence-electron chi connectivity index (χ3n) is 3.49. The number of carbonyl (C=O) groups is 1. The lowest BCUT2D eigenvalue weighted by Gasteiger charge is -2.26. The van der Waals surface area contributed by atoms with E-state index in [4.69, 9.17) is 9.47 Å². The van der Waals surface area contributed by atoms with Gasteiger partial charge in [0, 0.05) is 19.6 Å². The van der Waals surface area contributed by atoms with Crippen molar-refractivity contribution in [3.63, 3.8) is 0 Å². The van der Waals surface area contributed by atoms with Crippen molar-refractivity contribution in [2.24, 2.45) is 0 Å². The molecule has 1 amide bonds. The van der Waals surface area contributed by atoms with Crippen LogP contribution in [0.3, 0.4) is 0 Å². The van der Waals surface area contributed by atoms with Crippen LogP contribution in [0.5, 0.6) is 11.5 Å². The Labute approximate surface area is 124 Å². The molecule has 1 aliphatic heterocycles. The molecule has 0 radical (unpaired) electrons. The molecule has 0 unspecified atom stereocenters. The van der Waals surface area contributed by atoms with Gasteiger partial charge in [0.15, 0.2) is 0 Å². The molecule has 0 spiro atoms. The standard InChI is InChI=1S/C15H22N2O4/c1-20-13-5-2-4-12(18)14(13)15(19)16-6-3-7-17-8-10-21-11-9-17/h2,4-5,18H,3,6-11H2,1H3,(H,16,19). The van der Waals surface area contributed by atoms with Crippen LogP contribution in [0.2, 0.25) is 0 Å². The summed E-state index contributed by atoms with van der Waals surface area (Å²) in [6.07, 6.45) is 0.863. The van der Waals surface area contributed by atoms with E-state index in [9.17, 15) is 9.90 Å². The van der Waals surface area contributed by atoms with Gasteiger partial charge in [0.2, 0.25) is 0 Å². The predicted molar refractivity (Wildman–Crippen MR) is 78.9 cm³/mol. The first-order valence-electron chi connectivity index (χ1n) is 7.16. The van der Waals surface area contributed by atoms with Gasteiger partial charge in [-0.15, -0.1) is 0 Å². The van der Waals surface area contributed by atoms with E-state index in [0.29, 0.717) is 12.3 Å². The van der Waals surface area contributed by atoms with Gasteiger partial charge in [-0.3, -0.25) is 9.69 Å². The molecule has 1 heterocycles. The van der Waals surface area contributed by atoms with Gasteiger partial charge in [-0.1, -0.05) is 6.07 Å². The van der Waals surface area contributed by atoms with E-state index in [2.05, 4.69) is 10.2 Å². The Balaban J connectivity index is 1.79. The van der Waals surface area contributed by atoms with Crippen LogP contribution in [-0.4, -0.2) is 62.4 Å². The van der Waals surface area contributed by atoms with Crippen LogP contribution in [0, 0.1) is 0 Å². The van der Waals surface area contributed by atoms with Gasteiger partial charge in [0.1, 0.15) is 17.1 Å². The maximum atomic E-state index is 12.1. The minimum atomic E-state index is -0.313. The Hall–Kier alpha value is -1.79. The van der Waals surface area contributed by atoms with Gasteiger partial charge in [-0.2, -0.15) is 0 Å². The number of nitrogens with one attached hydrogen (secondary N) is 1. The zero-order valence-electron chi connectivity index (χ0n) is 12.3. The SMILES string of the molecule is COc1cccc(O)c1C(=O)NCCCN1CCOCC1. The molecule has 0 aliphatic carbocycles. The van der Waals surface area contributed by atoms with Crippen molar-refractivity contribution in [2.45, 2.75) is 6.42 Å². The number of ether oxygens (including phenoxy) is 2. The number of benzene rings is 1. The highest BCUT2D eigenvalue weighted by molar-refractivity contribution is 5.99. The third-order valence-corrected chi connectivity index (χ3v) is 3.49. The number of amides is 1. The summed E-state index contributed by atoms with van der Waals surface area (Å²) in [7, 11) is 1.48. The van der Waals surface area contributed by atoms with E-state index in [1.807, 2.05) is 0 Å². The van der Waals surface area contributed by atoms with Crippen LogP contribution in [0.4, 0.5) is 0 Å². The Morgan fingerprint density at radius 3 is 2.90 bits per heavy atom. The molecule has 0 atom stereocenters. The maximum absolute atomic E-state index is 12.1. The predicted octanol–water partition coefficient (Wildman–Crippen LogP) is 0.853. The summed E-state index contributed by atoms with van der Waals surface area (Å²) in [5.74, 6) is -0.00682. The summed E-state index contributed by atoms with van der Waals surface area (Å²) in [5, 5.41) is 12.6. The lowest BCUT2D eigenvalue weighted by atomic mass is 10.1. The van der Waals surface area contributed by atoms with Crippen molar-refractivity contribution < 1.29 is 19.4 Å². The fourth-order valence-corrected chi connectivity index (χ4v) is 2.34. The molecule has 116 valence electrons. The van der Waals surface area contributed by atoms with Crippen LogP contribution in [0.1, 0.15) is 16.8 Å². The minimum Gasteiger partial charge on any atom is -0.507 e. The summed E-state index contributed by atoms with van der Waals surface area (Å²) in [4.78, 5) is 14.4. The van der Waals surface area contributed by atoms with Crippen molar-refractivity contribution in [3.05, 3.63) is 23.8 Å². The van der Waals surface area contributed by atoms with E-state index in [1.54, 1.807) is 12.1 Å². The molecule has 21 heavy (non-hydrogen) atoms. The van der Waals surface area contributed by atoms with E-state index >= 15 is 0 Å². The topological polar surface area (TPSA) is 71.0 Å². The number of carbonyl (C=O) groups excluding carboxylic acids is 1. The highest BCUT2D eigenvalue weighted by Gasteiger charge is 2.16. The Bertz CT molecular complexity index is 473. The van der Waals surface area contributed by atoms with Crippen LogP contribution < -0.4 is 10.1 Å². The summed E-state index contributed by atoms with van der Waals surface area (Å²) in [6.45, 7) is 4.95. The quantitative estimate of drug-likeness (QED) is 0.761. The molecule has 1 saturated heterocycles. The second-order valence-electron chi connectivity index (χ2n) is 4.92. The fraction of sp³-hybridized carbons (Fsp3) is 0.533. The van der Waals surface area contributed by atoms with Gasteiger partial charge in [-0.25, -0.2) is 0 Å². The summed E-state index contributed by atoms with van der Waals surface area (Å²) < 4.78 is 10.4. The molecule has 1 aliphatic rings. The molecule has 6 nitrogen and oxygen atoms in total. The molecule has 1 aromatic carbocycles. The zero-order valence-corrected chi connectivity index (χ0v) is 12.3. The largest absolute Gasteiger partial charge is 0.507 e. The average molecular weight is 294 g/mol. The summed E-state index contributed by atoms with van der Waals surface area (Å²) in [6, 6.07) is 4.77. The minimum absolute atomic E-state index is 0.0694. The number of hydrogen-bond acceptors (Lipinski definition) is 5. The fourth-order valence-electron chi connectivity index (χ4n) is 2.34. The molecule has 6 heteroatoms. The Kier molecular flexibility index (Phi) is 5.83. The highest BCUT2D eigenvalue weighted by Crippen LogP contribution is 2.26. The molecule has 0 aromatic heterocycles. The molecular formula is C15H22N2O4. The molecular weight excluding hydrogens is 272 g/mol. The van der Waals surface area contributed by atoms with Crippen LogP contribution in [-0.2, 0) is 4.74 Å².